The molecule has 0 amide bonds. The maximum atomic E-state index is 14.1. The second kappa shape index (κ2) is 5.38. The average molecular weight is 337 g/mol. The van der Waals surface area contributed by atoms with Crippen LogP contribution in [-0.2, 0) is 4.74 Å². The standard InChI is InChI=1S/C11H11BrF2N2O3/c1-19-6-2-3-15(5-6)11-7(13)4-8(16(17)18)9(12)10(11)14/h4,6H,2-3,5H2,1H3/t6-/m0/s1. The van der Waals surface area contributed by atoms with Crippen molar-refractivity contribution in [2.45, 2.75) is 12.5 Å². The number of rotatable bonds is 3. The molecule has 0 aromatic heterocycles. The van der Waals surface area contributed by atoms with Crippen molar-refractivity contribution in [2.24, 2.45) is 0 Å². The van der Waals surface area contributed by atoms with E-state index in [1.165, 1.54) is 12.0 Å². The third-order valence-corrected chi connectivity index (χ3v) is 3.86. The summed E-state index contributed by atoms with van der Waals surface area (Å²) in [4.78, 5) is 11.3. The molecule has 5 nitrogen and oxygen atoms in total. The van der Waals surface area contributed by atoms with Crippen molar-refractivity contribution in [3.05, 3.63) is 32.3 Å². The fraction of sp³-hybridized carbons (Fsp3) is 0.455. The topological polar surface area (TPSA) is 55.6 Å². The highest BCUT2D eigenvalue weighted by molar-refractivity contribution is 9.10. The molecule has 1 aliphatic heterocycles. The first-order valence-corrected chi connectivity index (χ1v) is 6.34. The molecule has 1 heterocycles. The summed E-state index contributed by atoms with van der Waals surface area (Å²) in [6.45, 7) is 0.797. The molecule has 0 aliphatic carbocycles. The van der Waals surface area contributed by atoms with Crippen molar-refractivity contribution in [3.63, 3.8) is 0 Å². The fourth-order valence-electron chi connectivity index (χ4n) is 2.12. The van der Waals surface area contributed by atoms with E-state index in [0.717, 1.165) is 6.07 Å². The second-order valence-electron chi connectivity index (χ2n) is 4.20. The first-order valence-electron chi connectivity index (χ1n) is 5.55. The van der Waals surface area contributed by atoms with Crippen LogP contribution in [0.4, 0.5) is 20.2 Å². The molecule has 1 saturated heterocycles. The molecule has 19 heavy (non-hydrogen) atoms. The van der Waals surface area contributed by atoms with Gasteiger partial charge in [-0.1, -0.05) is 0 Å². The second-order valence-corrected chi connectivity index (χ2v) is 5.00. The van der Waals surface area contributed by atoms with Crippen LogP contribution >= 0.6 is 15.9 Å². The Labute approximate surface area is 116 Å². The molecule has 1 aliphatic rings. The van der Waals surface area contributed by atoms with Crippen LogP contribution in [0.5, 0.6) is 0 Å². The summed E-state index contributed by atoms with van der Waals surface area (Å²) in [7, 11) is 1.53. The molecule has 0 bridgehead atoms. The minimum atomic E-state index is -0.955. The van der Waals surface area contributed by atoms with E-state index in [0.29, 0.717) is 19.5 Å². The van der Waals surface area contributed by atoms with E-state index in [1.54, 1.807) is 0 Å². The lowest BCUT2D eigenvalue weighted by atomic mass is 10.2. The van der Waals surface area contributed by atoms with E-state index in [4.69, 9.17) is 4.74 Å². The Morgan fingerprint density at radius 3 is 2.79 bits per heavy atom. The molecule has 1 aromatic carbocycles. The van der Waals surface area contributed by atoms with E-state index < -0.39 is 22.2 Å². The number of benzene rings is 1. The van der Waals surface area contributed by atoms with Gasteiger partial charge in [-0.25, -0.2) is 8.78 Å². The molecule has 0 unspecified atom stereocenters. The Morgan fingerprint density at radius 2 is 2.26 bits per heavy atom. The number of nitrogens with zero attached hydrogens (tertiary/aromatic N) is 2. The highest BCUT2D eigenvalue weighted by atomic mass is 79.9. The quantitative estimate of drug-likeness (QED) is 0.484. The Kier molecular flexibility index (Phi) is 4.00. The van der Waals surface area contributed by atoms with Gasteiger partial charge in [-0.3, -0.25) is 10.1 Å². The van der Waals surface area contributed by atoms with Crippen LogP contribution in [0.3, 0.4) is 0 Å². The SMILES string of the molecule is CO[C@H]1CCN(c2c(F)cc([N+](=O)[O-])c(Br)c2F)C1. The molecule has 0 radical (unpaired) electrons. The first-order chi connectivity index (χ1) is 8.95. The van der Waals surface area contributed by atoms with E-state index in [1.807, 2.05) is 0 Å². The van der Waals surface area contributed by atoms with Gasteiger partial charge in [0.2, 0.25) is 0 Å². The number of hydrogen-bond acceptors (Lipinski definition) is 4. The van der Waals surface area contributed by atoms with Crippen LogP contribution in [0.2, 0.25) is 0 Å². The molecule has 8 heteroatoms. The number of ether oxygens (including phenoxy) is 1. The van der Waals surface area contributed by atoms with Crippen molar-refractivity contribution in [3.8, 4) is 0 Å². The molecule has 1 atom stereocenters. The number of hydrogen-bond donors (Lipinski definition) is 0. The fourth-order valence-corrected chi connectivity index (χ4v) is 2.57. The smallest absolute Gasteiger partial charge is 0.289 e. The minimum absolute atomic E-state index is 0.0900. The van der Waals surface area contributed by atoms with E-state index in [-0.39, 0.29) is 16.3 Å². The van der Waals surface area contributed by atoms with E-state index >= 15 is 0 Å². The van der Waals surface area contributed by atoms with Gasteiger partial charge in [0.25, 0.3) is 5.69 Å². The predicted molar refractivity (Wildman–Crippen MR) is 68.3 cm³/mol. The zero-order valence-corrected chi connectivity index (χ0v) is 11.6. The third-order valence-electron chi connectivity index (χ3n) is 3.11. The number of nitro benzene ring substituents is 1. The number of anilines is 1. The van der Waals surface area contributed by atoms with Crippen LogP contribution in [0.1, 0.15) is 6.42 Å². The van der Waals surface area contributed by atoms with Gasteiger partial charge in [0, 0.05) is 20.2 Å². The van der Waals surface area contributed by atoms with Gasteiger partial charge in [0.05, 0.1) is 17.1 Å². The van der Waals surface area contributed by atoms with Crippen molar-refractivity contribution < 1.29 is 18.4 Å². The lowest BCUT2D eigenvalue weighted by Gasteiger charge is -2.20. The Morgan fingerprint density at radius 1 is 1.58 bits per heavy atom. The van der Waals surface area contributed by atoms with Gasteiger partial charge in [-0.05, 0) is 22.4 Å². The average Bonchev–Trinajstić information content (AvgIpc) is 2.82. The Bertz CT molecular complexity index is 527. The van der Waals surface area contributed by atoms with Crippen molar-refractivity contribution >= 4 is 27.3 Å². The van der Waals surface area contributed by atoms with Crippen molar-refractivity contribution in [1.82, 2.24) is 0 Å². The van der Waals surface area contributed by atoms with Gasteiger partial charge in [-0.2, -0.15) is 0 Å². The van der Waals surface area contributed by atoms with Crippen LogP contribution in [-0.4, -0.2) is 31.2 Å². The number of nitro groups is 1. The molecule has 1 aromatic rings. The lowest BCUT2D eigenvalue weighted by molar-refractivity contribution is -0.386. The summed E-state index contributed by atoms with van der Waals surface area (Å²) in [5, 5.41) is 10.7. The Hall–Kier alpha value is -1.28. The summed E-state index contributed by atoms with van der Waals surface area (Å²) < 4.78 is 32.8. The summed E-state index contributed by atoms with van der Waals surface area (Å²) in [6.07, 6.45) is 0.567. The lowest BCUT2D eigenvalue weighted by Crippen LogP contribution is -2.24. The number of halogens is 3. The first kappa shape index (κ1) is 14.1. The predicted octanol–water partition coefficient (Wildman–Crippen LogP) is 2.86. The molecular formula is C11H11BrF2N2O3. The zero-order valence-electron chi connectivity index (χ0n) is 10.0. The Balaban J connectivity index is 2.42. The normalized spacial score (nSPS) is 18.9. The highest BCUT2D eigenvalue weighted by Gasteiger charge is 2.31. The van der Waals surface area contributed by atoms with Crippen LogP contribution in [0.25, 0.3) is 0 Å². The van der Waals surface area contributed by atoms with Crippen LogP contribution < -0.4 is 4.90 Å². The van der Waals surface area contributed by atoms with Crippen molar-refractivity contribution in [2.75, 3.05) is 25.1 Å². The molecule has 2 rings (SSSR count). The van der Waals surface area contributed by atoms with Gasteiger partial charge >= 0.3 is 0 Å². The van der Waals surface area contributed by atoms with Gasteiger partial charge in [0.1, 0.15) is 10.2 Å². The molecule has 0 N–H and O–H groups in total. The van der Waals surface area contributed by atoms with Crippen molar-refractivity contribution in [1.29, 1.82) is 0 Å². The molecule has 0 saturated carbocycles. The van der Waals surface area contributed by atoms with E-state index in [2.05, 4.69) is 15.9 Å². The molecule has 0 spiro atoms. The third kappa shape index (κ3) is 2.55. The summed E-state index contributed by atoms with van der Waals surface area (Å²) in [5.74, 6) is -1.90. The van der Waals surface area contributed by atoms with Gasteiger partial charge in [0.15, 0.2) is 11.6 Å². The van der Waals surface area contributed by atoms with Crippen LogP contribution in [0, 0.1) is 21.7 Å². The number of methoxy groups -OCH3 is 1. The minimum Gasteiger partial charge on any atom is -0.380 e. The zero-order chi connectivity index (χ0) is 14.2. The largest absolute Gasteiger partial charge is 0.380 e. The molecule has 104 valence electrons. The highest BCUT2D eigenvalue weighted by Crippen LogP contribution is 2.37. The van der Waals surface area contributed by atoms with Gasteiger partial charge < -0.3 is 9.64 Å². The molecular weight excluding hydrogens is 326 g/mol. The monoisotopic (exact) mass is 336 g/mol. The van der Waals surface area contributed by atoms with Gasteiger partial charge in [-0.15, -0.1) is 0 Å². The maximum absolute atomic E-state index is 14.1. The summed E-state index contributed by atoms with van der Waals surface area (Å²) >= 11 is 2.80. The molecule has 1 fully saturated rings. The summed E-state index contributed by atoms with van der Waals surface area (Å²) in [6, 6.07) is 0.725. The van der Waals surface area contributed by atoms with E-state index in [9.17, 15) is 18.9 Å². The van der Waals surface area contributed by atoms with Crippen LogP contribution in [0.15, 0.2) is 10.5 Å². The summed E-state index contributed by atoms with van der Waals surface area (Å²) in [5.41, 5.74) is -0.877. The maximum Gasteiger partial charge on any atom is 0.289 e.